The number of esters is 1. The summed E-state index contributed by atoms with van der Waals surface area (Å²) in [7, 11) is 0. The van der Waals surface area contributed by atoms with Crippen molar-refractivity contribution in [2.24, 2.45) is 29.1 Å². The van der Waals surface area contributed by atoms with E-state index in [4.69, 9.17) is 4.74 Å². The van der Waals surface area contributed by atoms with E-state index in [1.165, 1.54) is 18.9 Å². The van der Waals surface area contributed by atoms with Crippen molar-refractivity contribution in [1.82, 2.24) is 0 Å². The van der Waals surface area contributed by atoms with Gasteiger partial charge in [-0.3, -0.25) is 9.59 Å². The minimum atomic E-state index is -0.144. The molecule has 0 aromatic heterocycles. The molecule has 0 saturated heterocycles. The molecule has 2 fully saturated rings. The summed E-state index contributed by atoms with van der Waals surface area (Å²) < 4.78 is 5.67. The largest absolute Gasteiger partial charge is 0.462 e. The van der Waals surface area contributed by atoms with Crippen molar-refractivity contribution in [3.05, 3.63) is 23.8 Å². The van der Waals surface area contributed by atoms with Gasteiger partial charge >= 0.3 is 5.97 Å². The van der Waals surface area contributed by atoms with E-state index in [0.717, 1.165) is 25.7 Å². The van der Waals surface area contributed by atoms with E-state index in [-0.39, 0.29) is 23.3 Å². The first-order chi connectivity index (χ1) is 11.0. The number of carbonyl (C=O) groups excluding carboxylic acids is 2. The molecule has 4 aliphatic rings. The number of ether oxygens (including phenoxy) is 1. The van der Waals surface area contributed by atoms with Crippen molar-refractivity contribution in [2.45, 2.75) is 58.5 Å². The number of ketones is 1. The molecule has 0 aromatic rings. The van der Waals surface area contributed by atoms with Gasteiger partial charge in [-0.15, -0.1) is 0 Å². The van der Waals surface area contributed by atoms with Crippen LogP contribution in [0.25, 0.3) is 0 Å². The summed E-state index contributed by atoms with van der Waals surface area (Å²) in [5.41, 5.74) is 1.39. The first kappa shape index (κ1) is 15.2. The molecule has 0 radical (unpaired) electrons. The molecule has 0 bridgehead atoms. The Morgan fingerprint density at radius 1 is 1.26 bits per heavy atom. The van der Waals surface area contributed by atoms with Crippen molar-refractivity contribution in [2.75, 3.05) is 0 Å². The molecule has 0 amide bonds. The Morgan fingerprint density at radius 3 is 2.87 bits per heavy atom. The maximum absolute atomic E-state index is 11.7. The smallest absolute Gasteiger partial charge is 0.302 e. The molecule has 3 heteroatoms. The Labute approximate surface area is 138 Å². The lowest BCUT2D eigenvalue weighted by Gasteiger charge is -2.51. The molecule has 0 aliphatic heterocycles. The van der Waals surface area contributed by atoms with Crippen LogP contribution in [-0.4, -0.2) is 17.9 Å². The van der Waals surface area contributed by atoms with Crippen LogP contribution >= 0.6 is 0 Å². The maximum atomic E-state index is 11.7. The van der Waals surface area contributed by atoms with Gasteiger partial charge in [0.25, 0.3) is 0 Å². The second-order valence-electron chi connectivity index (χ2n) is 8.18. The zero-order valence-electron chi connectivity index (χ0n) is 14.1. The number of rotatable bonds is 1. The summed E-state index contributed by atoms with van der Waals surface area (Å²) in [5.74, 6) is 2.59. The van der Waals surface area contributed by atoms with Crippen LogP contribution in [0.5, 0.6) is 0 Å². The second kappa shape index (κ2) is 5.32. The Balaban J connectivity index is 1.62. The van der Waals surface area contributed by atoms with Crippen LogP contribution in [0, 0.1) is 29.1 Å². The van der Waals surface area contributed by atoms with Gasteiger partial charge in [0.05, 0.1) is 0 Å². The quantitative estimate of drug-likeness (QED) is 0.691. The Kier molecular flexibility index (Phi) is 3.51. The Bertz CT molecular complexity index is 602. The molecule has 0 aromatic carbocycles. The highest BCUT2D eigenvalue weighted by Gasteiger charge is 2.56. The number of hydrogen-bond donors (Lipinski definition) is 0. The van der Waals surface area contributed by atoms with Crippen LogP contribution in [0.4, 0.5) is 0 Å². The maximum Gasteiger partial charge on any atom is 0.302 e. The number of fused-ring (bicyclic) bond motifs is 5. The van der Waals surface area contributed by atoms with E-state index < -0.39 is 0 Å². The van der Waals surface area contributed by atoms with Crippen molar-refractivity contribution in [3.8, 4) is 0 Å². The molecule has 2 saturated carbocycles. The summed E-state index contributed by atoms with van der Waals surface area (Å²) in [6.45, 7) is 3.86. The highest BCUT2D eigenvalue weighted by atomic mass is 16.5. The van der Waals surface area contributed by atoms with E-state index in [1.54, 1.807) is 0 Å². The lowest BCUT2D eigenvalue weighted by atomic mass is 9.54. The van der Waals surface area contributed by atoms with E-state index in [2.05, 4.69) is 19.1 Å². The van der Waals surface area contributed by atoms with Gasteiger partial charge in [-0.1, -0.05) is 19.1 Å². The summed E-state index contributed by atoms with van der Waals surface area (Å²) in [6, 6.07) is 0. The van der Waals surface area contributed by atoms with Crippen LogP contribution in [0.2, 0.25) is 0 Å². The fraction of sp³-hybridized carbons (Fsp3) is 0.700. The Hall–Kier alpha value is -1.38. The van der Waals surface area contributed by atoms with Crippen molar-refractivity contribution < 1.29 is 14.3 Å². The number of hydrogen-bond acceptors (Lipinski definition) is 3. The van der Waals surface area contributed by atoms with Gasteiger partial charge in [-0.05, 0) is 67.4 Å². The first-order valence-corrected chi connectivity index (χ1v) is 9.09. The van der Waals surface area contributed by atoms with Crippen molar-refractivity contribution in [1.29, 1.82) is 0 Å². The van der Waals surface area contributed by atoms with Crippen LogP contribution in [0.1, 0.15) is 52.4 Å². The van der Waals surface area contributed by atoms with Crippen molar-refractivity contribution in [3.63, 3.8) is 0 Å². The molecule has 3 nitrogen and oxygen atoms in total. The number of carbonyl (C=O) groups is 2. The predicted octanol–water partition coefficient (Wildman–Crippen LogP) is 3.84. The average molecular weight is 314 g/mol. The summed E-state index contributed by atoms with van der Waals surface area (Å²) in [5, 5.41) is 0. The normalized spacial score (nSPS) is 44.9. The van der Waals surface area contributed by atoms with E-state index >= 15 is 0 Å². The molecule has 0 heterocycles. The third-order valence-corrected chi connectivity index (χ3v) is 7.09. The van der Waals surface area contributed by atoms with Crippen LogP contribution in [0.15, 0.2) is 23.8 Å². The van der Waals surface area contributed by atoms with Crippen LogP contribution in [-0.2, 0) is 14.3 Å². The van der Waals surface area contributed by atoms with Crippen molar-refractivity contribution >= 4 is 11.8 Å². The zero-order chi connectivity index (χ0) is 16.2. The molecule has 6 atom stereocenters. The third-order valence-electron chi connectivity index (χ3n) is 7.09. The first-order valence-electron chi connectivity index (χ1n) is 9.09. The summed E-state index contributed by atoms with van der Waals surface area (Å²) in [4.78, 5) is 23.1. The molecule has 4 aliphatic carbocycles. The molecule has 0 spiro atoms. The molecule has 124 valence electrons. The standard InChI is InChI=1S/C20H26O3/c1-12(21)23-19-8-7-18-17-5-3-13-11-14(22)4-6-15(13)16(17)9-10-20(18,19)2/h3,5,11,15-19H,4,6-10H2,1-2H3/t15?,16?,17?,18?,19-,20?/m0/s1. The van der Waals surface area contributed by atoms with Gasteiger partial charge in [0.1, 0.15) is 6.10 Å². The highest BCUT2D eigenvalue weighted by Crippen LogP contribution is 2.60. The second-order valence-corrected chi connectivity index (χ2v) is 8.18. The monoisotopic (exact) mass is 314 g/mol. The van der Waals surface area contributed by atoms with Gasteiger partial charge in [0.2, 0.25) is 0 Å². The van der Waals surface area contributed by atoms with Gasteiger partial charge in [-0.2, -0.15) is 0 Å². The molecule has 0 N–H and O–H groups in total. The fourth-order valence-corrected chi connectivity index (χ4v) is 6.00. The fourth-order valence-electron chi connectivity index (χ4n) is 6.00. The lowest BCUT2D eigenvalue weighted by molar-refractivity contribution is -0.155. The Morgan fingerprint density at radius 2 is 2.09 bits per heavy atom. The average Bonchev–Trinajstić information content (AvgIpc) is 2.83. The highest BCUT2D eigenvalue weighted by molar-refractivity contribution is 5.91. The predicted molar refractivity (Wildman–Crippen MR) is 87.6 cm³/mol. The molecule has 23 heavy (non-hydrogen) atoms. The zero-order valence-corrected chi connectivity index (χ0v) is 14.1. The van der Waals surface area contributed by atoms with E-state index in [9.17, 15) is 9.59 Å². The molecular formula is C20H26O3. The summed E-state index contributed by atoms with van der Waals surface area (Å²) >= 11 is 0. The third kappa shape index (κ3) is 2.31. The minimum absolute atomic E-state index is 0.0872. The van der Waals surface area contributed by atoms with Gasteiger partial charge in [-0.25, -0.2) is 0 Å². The van der Waals surface area contributed by atoms with E-state index in [1.807, 2.05) is 6.08 Å². The topological polar surface area (TPSA) is 43.4 Å². The lowest BCUT2D eigenvalue weighted by Crippen LogP contribution is -2.47. The molecular weight excluding hydrogens is 288 g/mol. The van der Waals surface area contributed by atoms with Gasteiger partial charge < -0.3 is 4.74 Å². The van der Waals surface area contributed by atoms with E-state index in [0.29, 0.717) is 30.1 Å². The SMILES string of the molecule is CC(=O)O[C@H]1CCC2C3C=CC4=CC(=O)CCC4C3CCC21C. The van der Waals surface area contributed by atoms with Crippen LogP contribution < -0.4 is 0 Å². The minimum Gasteiger partial charge on any atom is -0.462 e. The molecule has 4 rings (SSSR count). The van der Waals surface area contributed by atoms with Gasteiger partial charge in [0, 0.05) is 18.8 Å². The van der Waals surface area contributed by atoms with Crippen LogP contribution in [0.3, 0.4) is 0 Å². The number of allylic oxidation sites excluding steroid dienone is 4. The van der Waals surface area contributed by atoms with Gasteiger partial charge in [0.15, 0.2) is 5.78 Å². The summed E-state index contributed by atoms with van der Waals surface area (Å²) in [6.07, 6.45) is 12.8. The molecule has 5 unspecified atom stereocenters.